The van der Waals surface area contributed by atoms with Gasteiger partial charge in [0.05, 0.1) is 0 Å². The number of nitrogens with one attached hydrogen (secondary N) is 2. The summed E-state index contributed by atoms with van der Waals surface area (Å²) in [6.07, 6.45) is 0.0707. The third-order valence-electron chi connectivity index (χ3n) is 3.41. The normalized spacial score (nSPS) is 13.7. The molecule has 0 unspecified atom stereocenters. The second kappa shape index (κ2) is 7.81. The van der Waals surface area contributed by atoms with Gasteiger partial charge in [-0.3, -0.25) is 9.59 Å². The molecule has 0 saturated carbocycles. The molecule has 0 aromatic heterocycles. The maximum atomic E-state index is 12.1. The predicted molar refractivity (Wildman–Crippen MR) is 88.4 cm³/mol. The second-order valence-corrected chi connectivity index (χ2v) is 6.72. The van der Waals surface area contributed by atoms with E-state index in [4.69, 9.17) is 0 Å². The lowest BCUT2D eigenvalue weighted by Gasteiger charge is -2.23. The second-order valence-electron chi connectivity index (χ2n) is 6.72. The molecule has 0 heterocycles. The minimum atomic E-state index is -1.18. The molecular formula is C17H24N2O5. The number of amides is 2. The Kier molecular flexibility index (Phi) is 6.34. The van der Waals surface area contributed by atoms with Crippen molar-refractivity contribution in [3.63, 3.8) is 0 Å². The summed E-state index contributed by atoms with van der Waals surface area (Å²) in [5.41, 5.74) is 0.0131. The maximum Gasteiger partial charge on any atom is 0.326 e. The number of phenolic OH excluding ortho intramolecular Hbond substituents is 1. The molecular weight excluding hydrogens is 312 g/mol. The van der Waals surface area contributed by atoms with Crippen molar-refractivity contribution in [1.29, 1.82) is 0 Å². The van der Waals surface area contributed by atoms with Gasteiger partial charge < -0.3 is 20.8 Å². The number of aliphatic carboxylic acids is 1. The molecule has 2 atom stereocenters. The summed E-state index contributed by atoms with van der Waals surface area (Å²) in [5.74, 6) is -1.96. The van der Waals surface area contributed by atoms with Gasteiger partial charge in [0, 0.05) is 11.8 Å². The molecule has 0 aliphatic heterocycles. The number of carbonyl (C=O) groups excluding carboxylic acids is 2. The molecule has 0 aliphatic carbocycles. The van der Waals surface area contributed by atoms with Crippen LogP contribution in [0, 0.1) is 5.41 Å². The summed E-state index contributed by atoms with van der Waals surface area (Å²) >= 11 is 0. The number of phenols is 1. The molecule has 1 aromatic carbocycles. The standard InChI is InChI=1S/C17H24N2O5/c1-10(18-16(24)17(2,3)4)14(21)19-13(15(22)23)9-11-5-7-12(20)8-6-11/h5-8,10,13,20H,9H2,1-4H3,(H,18,24)(H,19,21)(H,22,23)/t10-,13-/m0/s1. The number of carboxylic acids is 1. The number of carboxylic acid groups (broad SMARTS) is 1. The third-order valence-corrected chi connectivity index (χ3v) is 3.41. The Bertz CT molecular complexity index is 604. The molecule has 0 saturated heterocycles. The van der Waals surface area contributed by atoms with Crippen LogP contribution in [-0.4, -0.2) is 40.1 Å². The highest BCUT2D eigenvalue weighted by Gasteiger charge is 2.27. The summed E-state index contributed by atoms with van der Waals surface area (Å²) in [7, 11) is 0. The van der Waals surface area contributed by atoms with Gasteiger partial charge in [0.15, 0.2) is 0 Å². The van der Waals surface area contributed by atoms with Gasteiger partial charge in [-0.25, -0.2) is 4.79 Å². The highest BCUT2D eigenvalue weighted by Crippen LogP contribution is 2.13. The van der Waals surface area contributed by atoms with Crippen LogP contribution >= 0.6 is 0 Å². The van der Waals surface area contributed by atoms with Crippen LogP contribution in [0.4, 0.5) is 0 Å². The first kappa shape index (κ1) is 19.5. The van der Waals surface area contributed by atoms with Crippen LogP contribution in [0.15, 0.2) is 24.3 Å². The minimum Gasteiger partial charge on any atom is -0.508 e. The van der Waals surface area contributed by atoms with E-state index in [2.05, 4.69) is 10.6 Å². The number of hydrogen-bond donors (Lipinski definition) is 4. The number of carbonyl (C=O) groups is 3. The molecule has 7 heteroatoms. The van der Waals surface area contributed by atoms with Crippen LogP contribution in [0.25, 0.3) is 0 Å². The molecule has 24 heavy (non-hydrogen) atoms. The van der Waals surface area contributed by atoms with Gasteiger partial charge in [0.1, 0.15) is 17.8 Å². The zero-order chi connectivity index (χ0) is 18.5. The fourth-order valence-corrected chi connectivity index (χ4v) is 1.84. The van der Waals surface area contributed by atoms with Crippen LogP contribution in [0.5, 0.6) is 5.75 Å². The van der Waals surface area contributed by atoms with E-state index in [0.717, 1.165) is 0 Å². The Morgan fingerprint density at radius 1 is 1.08 bits per heavy atom. The smallest absolute Gasteiger partial charge is 0.326 e. The van der Waals surface area contributed by atoms with Gasteiger partial charge in [0.25, 0.3) is 0 Å². The van der Waals surface area contributed by atoms with Crippen LogP contribution in [0.3, 0.4) is 0 Å². The Balaban J connectivity index is 2.70. The molecule has 0 radical (unpaired) electrons. The van der Waals surface area contributed by atoms with Crippen molar-refractivity contribution < 1.29 is 24.6 Å². The maximum absolute atomic E-state index is 12.1. The summed E-state index contributed by atoms with van der Waals surface area (Å²) in [5, 5.41) is 23.5. The number of rotatable bonds is 6. The summed E-state index contributed by atoms with van der Waals surface area (Å²) < 4.78 is 0. The van der Waals surface area contributed by atoms with Crippen molar-refractivity contribution in [2.75, 3.05) is 0 Å². The predicted octanol–water partition coefficient (Wildman–Crippen LogP) is 1.05. The minimum absolute atomic E-state index is 0.0707. The lowest BCUT2D eigenvalue weighted by Crippen LogP contribution is -2.52. The van der Waals surface area contributed by atoms with Crippen molar-refractivity contribution in [1.82, 2.24) is 10.6 Å². The molecule has 2 amide bonds. The first-order valence-electron chi connectivity index (χ1n) is 7.62. The third kappa shape index (κ3) is 5.91. The largest absolute Gasteiger partial charge is 0.508 e. The van der Waals surface area contributed by atoms with Gasteiger partial charge in [-0.15, -0.1) is 0 Å². The van der Waals surface area contributed by atoms with Crippen LogP contribution in [0.1, 0.15) is 33.3 Å². The number of hydrogen-bond acceptors (Lipinski definition) is 4. The summed E-state index contributed by atoms with van der Waals surface area (Å²) in [6, 6.07) is 4.09. The van der Waals surface area contributed by atoms with Crippen molar-refractivity contribution in [2.45, 2.75) is 46.2 Å². The Hall–Kier alpha value is -2.57. The molecule has 7 nitrogen and oxygen atoms in total. The zero-order valence-electron chi connectivity index (χ0n) is 14.3. The van der Waals surface area contributed by atoms with E-state index in [0.29, 0.717) is 5.56 Å². The van der Waals surface area contributed by atoms with Gasteiger partial charge in [0.2, 0.25) is 11.8 Å². The van der Waals surface area contributed by atoms with Crippen molar-refractivity contribution >= 4 is 17.8 Å². The first-order valence-corrected chi connectivity index (χ1v) is 7.62. The quantitative estimate of drug-likeness (QED) is 0.620. The average Bonchev–Trinajstić information content (AvgIpc) is 2.47. The SMILES string of the molecule is C[C@H](NC(=O)C(C)(C)C)C(=O)N[C@@H](Cc1ccc(O)cc1)C(=O)O. The highest BCUT2D eigenvalue weighted by atomic mass is 16.4. The van der Waals surface area contributed by atoms with Crippen LogP contribution in [-0.2, 0) is 20.8 Å². The van der Waals surface area contributed by atoms with Gasteiger partial charge in [-0.1, -0.05) is 32.9 Å². The average molecular weight is 336 g/mol. The van der Waals surface area contributed by atoms with E-state index in [9.17, 15) is 24.6 Å². The molecule has 0 fully saturated rings. The monoisotopic (exact) mass is 336 g/mol. The van der Waals surface area contributed by atoms with E-state index >= 15 is 0 Å². The topological polar surface area (TPSA) is 116 Å². The fourth-order valence-electron chi connectivity index (χ4n) is 1.84. The molecule has 132 valence electrons. The Morgan fingerprint density at radius 3 is 2.08 bits per heavy atom. The molecule has 1 rings (SSSR count). The summed E-state index contributed by atoms with van der Waals surface area (Å²) in [6.45, 7) is 6.66. The van der Waals surface area contributed by atoms with Gasteiger partial charge in [-0.2, -0.15) is 0 Å². The number of benzene rings is 1. The first-order chi connectivity index (χ1) is 11.0. The molecule has 0 spiro atoms. The van der Waals surface area contributed by atoms with Crippen LogP contribution in [0.2, 0.25) is 0 Å². The van der Waals surface area contributed by atoms with Crippen molar-refractivity contribution in [3.8, 4) is 5.75 Å². The zero-order valence-corrected chi connectivity index (χ0v) is 14.3. The van der Waals surface area contributed by atoms with E-state index in [1.165, 1.54) is 19.1 Å². The molecule has 0 bridgehead atoms. The van der Waals surface area contributed by atoms with E-state index < -0.39 is 29.4 Å². The van der Waals surface area contributed by atoms with Gasteiger partial charge in [-0.05, 0) is 24.6 Å². The Morgan fingerprint density at radius 2 is 1.62 bits per heavy atom. The highest BCUT2D eigenvalue weighted by molar-refractivity contribution is 5.91. The fraction of sp³-hybridized carbons (Fsp3) is 0.471. The van der Waals surface area contributed by atoms with E-state index in [1.54, 1.807) is 32.9 Å². The van der Waals surface area contributed by atoms with Gasteiger partial charge >= 0.3 is 5.97 Å². The number of aromatic hydroxyl groups is 1. The lowest BCUT2D eigenvalue weighted by atomic mass is 9.95. The Labute approximate surface area is 141 Å². The van der Waals surface area contributed by atoms with Crippen molar-refractivity contribution in [3.05, 3.63) is 29.8 Å². The lowest BCUT2D eigenvalue weighted by molar-refractivity contribution is -0.142. The van der Waals surface area contributed by atoms with Crippen LogP contribution < -0.4 is 10.6 Å². The summed E-state index contributed by atoms with van der Waals surface area (Å²) in [4.78, 5) is 35.4. The van der Waals surface area contributed by atoms with E-state index in [-0.39, 0.29) is 18.1 Å². The van der Waals surface area contributed by atoms with Crippen molar-refractivity contribution in [2.24, 2.45) is 5.41 Å². The molecule has 0 aliphatic rings. The molecule has 1 aromatic rings. The molecule has 4 N–H and O–H groups in total. The van der Waals surface area contributed by atoms with E-state index in [1.807, 2.05) is 0 Å².